The zero-order valence-electron chi connectivity index (χ0n) is 6.41. The summed E-state index contributed by atoms with van der Waals surface area (Å²) in [7, 11) is 0. The van der Waals surface area contributed by atoms with Crippen LogP contribution in [0.3, 0.4) is 0 Å². The van der Waals surface area contributed by atoms with Gasteiger partial charge in [-0.15, -0.1) is 0 Å². The predicted molar refractivity (Wildman–Crippen MR) is 45.7 cm³/mol. The summed E-state index contributed by atoms with van der Waals surface area (Å²) in [5, 5.41) is 3.36. The first-order chi connectivity index (χ1) is 5.43. The molecule has 4 heteroatoms. The minimum absolute atomic E-state index is 0.510. The summed E-state index contributed by atoms with van der Waals surface area (Å²) >= 11 is 1.95. The number of thioether (sulfide) groups is 1. The van der Waals surface area contributed by atoms with E-state index in [4.69, 9.17) is 0 Å². The Morgan fingerprint density at radius 2 is 2.64 bits per heavy atom. The lowest BCUT2D eigenvalue weighted by Gasteiger charge is -2.22. The Morgan fingerprint density at radius 1 is 1.73 bits per heavy atom. The zero-order chi connectivity index (χ0) is 7.94. The van der Waals surface area contributed by atoms with E-state index in [-0.39, 0.29) is 0 Å². The van der Waals surface area contributed by atoms with Crippen LogP contribution in [0.1, 0.15) is 6.42 Å². The fourth-order valence-electron chi connectivity index (χ4n) is 1.06. The smallest absolute Gasteiger partial charge is 0.293 e. The predicted octanol–water partition coefficient (Wildman–Crippen LogP) is 0.254. The molecule has 1 aliphatic heterocycles. The molecule has 1 unspecified atom stereocenters. The Hall–Kier alpha value is -0.220. The minimum atomic E-state index is 0.510. The molecule has 1 saturated heterocycles. The van der Waals surface area contributed by atoms with Crippen LogP contribution in [0, 0.1) is 0 Å². The molecule has 3 nitrogen and oxygen atoms in total. The van der Waals surface area contributed by atoms with Crippen LogP contribution in [0.25, 0.3) is 0 Å². The van der Waals surface area contributed by atoms with E-state index in [1.54, 1.807) is 0 Å². The molecule has 0 saturated carbocycles. The third kappa shape index (κ3) is 3.62. The molecule has 0 radical (unpaired) electrons. The second-order valence-corrected chi connectivity index (χ2v) is 3.63. The van der Waals surface area contributed by atoms with Gasteiger partial charge < -0.3 is 10.1 Å². The van der Waals surface area contributed by atoms with Crippen molar-refractivity contribution in [1.82, 2.24) is 5.32 Å². The molecule has 0 aromatic heterocycles. The van der Waals surface area contributed by atoms with E-state index < -0.39 is 0 Å². The van der Waals surface area contributed by atoms with Gasteiger partial charge in [0.1, 0.15) is 0 Å². The minimum Gasteiger partial charge on any atom is -0.468 e. The molecule has 0 amide bonds. The van der Waals surface area contributed by atoms with E-state index in [9.17, 15) is 4.79 Å². The van der Waals surface area contributed by atoms with Crippen LogP contribution in [0.15, 0.2) is 0 Å². The molecule has 0 aromatic carbocycles. The maximum atomic E-state index is 9.80. The summed E-state index contributed by atoms with van der Waals surface area (Å²) in [6, 6.07) is 0.536. The van der Waals surface area contributed by atoms with E-state index in [0.29, 0.717) is 19.1 Å². The molecule has 0 bridgehead atoms. The molecule has 64 valence electrons. The highest BCUT2D eigenvalue weighted by molar-refractivity contribution is 7.99. The van der Waals surface area contributed by atoms with E-state index in [0.717, 1.165) is 18.7 Å². The fourth-order valence-corrected chi connectivity index (χ4v) is 2.06. The van der Waals surface area contributed by atoms with Crippen LogP contribution >= 0.6 is 11.8 Å². The average molecular weight is 175 g/mol. The molecule has 1 atom stereocenters. The monoisotopic (exact) mass is 175 g/mol. The second kappa shape index (κ2) is 5.43. The van der Waals surface area contributed by atoms with Gasteiger partial charge in [-0.3, -0.25) is 4.79 Å². The first-order valence-electron chi connectivity index (χ1n) is 3.80. The molecule has 1 fully saturated rings. The van der Waals surface area contributed by atoms with Crippen LogP contribution in [-0.4, -0.2) is 37.2 Å². The van der Waals surface area contributed by atoms with E-state index in [2.05, 4.69) is 10.1 Å². The lowest BCUT2D eigenvalue weighted by atomic mass is 10.2. The standard InChI is InChI=1S/C7H13NO2S/c9-6-10-3-1-7-5-11-4-2-8-7/h6-8H,1-5H2. The van der Waals surface area contributed by atoms with Gasteiger partial charge >= 0.3 is 0 Å². The first-order valence-corrected chi connectivity index (χ1v) is 4.95. The topological polar surface area (TPSA) is 38.3 Å². The fraction of sp³-hybridized carbons (Fsp3) is 0.857. The second-order valence-electron chi connectivity index (χ2n) is 2.48. The number of ether oxygens (including phenoxy) is 1. The van der Waals surface area contributed by atoms with Crippen molar-refractivity contribution in [2.24, 2.45) is 0 Å². The van der Waals surface area contributed by atoms with Crippen LogP contribution in [0.2, 0.25) is 0 Å². The van der Waals surface area contributed by atoms with Gasteiger partial charge in [-0.25, -0.2) is 0 Å². The van der Waals surface area contributed by atoms with Crippen molar-refractivity contribution < 1.29 is 9.53 Å². The zero-order valence-corrected chi connectivity index (χ0v) is 7.23. The van der Waals surface area contributed by atoms with E-state index >= 15 is 0 Å². The molecular formula is C7H13NO2S. The number of hydrogen-bond donors (Lipinski definition) is 1. The summed E-state index contributed by atoms with van der Waals surface area (Å²) < 4.78 is 4.61. The highest BCUT2D eigenvalue weighted by Crippen LogP contribution is 2.09. The normalized spacial score (nSPS) is 24.5. The number of nitrogens with one attached hydrogen (secondary N) is 1. The molecule has 1 N–H and O–H groups in total. The van der Waals surface area contributed by atoms with Crippen molar-refractivity contribution in [1.29, 1.82) is 0 Å². The summed E-state index contributed by atoms with van der Waals surface area (Å²) in [5.41, 5.74) is 0. The Bertz CT molecular complexity index is 115. The van der Waals surface area contributed by atoms with Gasteiger partial charge in [0.2, 0.25) is 0 Å². The van der Waals surface area contributed by atoms with Gasteiger partial charge in [-0.2, -0.15) is 11.8 Å². The Morgan fingerprint density at radius 3 is 3.27 bits per heavy atom. The summed E-state index contributed by atoms with van der Waals surface area (Å²) in [5.74, 6) is 2.34. The maximum absolute atomic E-state index is 9.80. The van der Waals surface area contributed by atoms with Crippen molar-refractivity contribution in [3.05, 3.63) is 0 Å². The van der Waals surface area contributed by atoms with Crippen molar-refractivity contribution >= 4 is 18.2 Å². The maximum Gasteiger partial charge on any atom is 0.293 e. The van der Waals surface area contributed by atoms with Gasteiger partial charge in [-0.1, -0.05) is 0 Å². The van der Waals surface area contributed by atoms with Gasteiger partial charge in [0, 0.05) is 24.1 Å². The van der Waals surface area contributed by atoms with Crippen molar-refractivity contribution in [3.63, 3.8) is 0 Å². The van der Waals surface area contributed by atoms with Crippen molar-refractivity contribution in [2.75, 3.05) is 24.7 Å². The van der Waals surface area contributed by atoms with Gasteiger partial charge in [0.15, 0.2) is 0 Å². The van der Waals surface area contributed by atoms with Crippen LogP contribution in [0.5, 0.6) is 0 Å². The molecular weight excluding hydrogens is 162 g/mol. The molecule has 1 heterocycles. The molecule has 0 aliphatic carbocycles. The molecule has 0 spiro atoms. The van der Waals surface area contributed by atoms with Crippen molar-refractivity contribution in [2.45, 2.75) is 12.5 Å². The molecule has 1 rings (SSSR count). The number of hydrogen-bond acceptors (Lipinski definition) is 4. The van der Waals surface area contributed by atoms with Gasteiger partial charge in [0.25, 0.3) is 6.47 Å². The number of carbonyl (C=O) groups is 1. The van der Waals surface area contributed by atoms with Crippen LogP contribution in [0.4, 0.5) is 0 Å². The first kappa shape index (κ1) is 8.87. The third-order valence-corrected chi connectivity index (χ3v) is 2.78. The summed E-state index contributed by atoms with van der Waals surface area (Å²) in [4.78, 5) is 9.80. The summed E-state index contributed by atoms with van der Waals surface area (Å²) in [6.07, 6.45) is 0.936. The molecule has 11 heavy (non-hydrogen) atoms. The molecule has 0 aromatic rings. The van der Waals surface area contributed by atoms with Crippen LogP contribution < -0.4 is 5.32 Å². The quantitative estimate of drug-likeness (QED) is 0.491. The van der Waals surface area contributed by atoms with Crippen LogP contribution in [-0.2, 0) is 9.53 Å². The Labute approximate surface area is 70.9 Å². The number of carbonyl (C=O) groups excluding carboxylic acids is 1. The SMILES string of the molecule is O=COCCC1CSCCN1. The highest BCUT2D eigenvalue weighted by Gasteiger charge is 2.11. The highest BCUT2D eigenvalue weighted by atomic mass is 32.2. The lowest BCUT2D eigenvalue weighted by Crippen LogP contribution is -2.38. The molecule has 1 aliphatic rings. The number of rotatable bonds is 4. The Balaban J connectivity index is 2.00. The Kier molecular flexibility index (Phi) is 4.38. The van der Waals surface area contributed by atoms with Gasteiger partial charge in [0.05, 0.1) is 6.61 Å². The third-order valence-electron chi connectivity index (χ3n) is 1.65. The van der Waals surface area contributed by atoms with E-state index in [1.165, 1.54) is 5.75 Å². The van der Waals surface area contributed by atoms with Gasteiger partial charge in [-0.05, 0) is 6.42 Å². The van der Waals surface area contributed by atoms with E-state index in [1.807, 2.05) is 11.8 Å². The van der Waals surface area contributed by atoms with Crippen molar-refractivity contribution in [3.8, 4) is 0 Å². The largest absolute Gasteiger partial charge is 0.468 e. The average Bonchev–Trinajstić information content (AvgIpc) is 2.07. The lowest BCUT2D eigenvalue weighted by molar-refractivity contribution is -0.128. The summed E-state index contributed by atoms with van der Waals surface area (Å²) in [6.45, 7) is 2.13.